The number of halogens is 1. The third kappa shape index (κ3) is 5.80. The molecule has 1 N–H and O–H groups in total. The standard InChI is InChI=1S/C22H27ClN2O3/c1-2-14-27-21-9-8-19(15-20(21)23)24-18-10-12-25(13-11-18)22(26)28-16-17-6-4-3-5-7-17/h3-9,15,18,24H,2,10-14,16H2,1H3. The van der Waals surface area contributed by atoms with Crippen molar-refractivity contribution in [3.8, 4) is 5.75 Å². The van der Waals surface area contributed by atoms with Crippen molar-refractivity contribution in [3.63, 3.8) is 0 Å². The Labute approximate surface area is 171 Å². The van der Waals surface area contributed by atoms with Gasteiger partial charge in [0.15, 0.2) is 0 Å². The summed E-state index contributed by atoms with van der Waals surface area (Å²) in [5.74, 6) is 0.713. The zero-order valence-corrected chi connectivity index (χ0v) is 17.0. The fourth-order valence-corrected chi connectivity index (χ4v) is 3.41. The minimum Gasteiger partial charge on any atom is -0.492 e. The highest BCUT2D eigenvalue weighted by atomic mass is 35.5. The van der Waals surface area contributed by atoms with Crippen LogP contribution in [0.2, 0.25) is 5.02 Å². The van der Waals surface area contributed by atoms with Gasteiger partial charge in [-0.15, -0.1) is 0 Å². The number of likely N-dealkylation sites (tertiary alicyclic amines) is 1. The summed E-state index contributed by atoms with van der Waals surface area (Å²) >= 11 is 6.30. The summed E-state index contributed by atoms with van der Waals surface area (Å²) < 4.78 is 11.0. The van der Waals surface area contributed by atoms with Crippen molar-refractivity contribution in [3.05, 3.63) is 59.1 Å². The van der Waals surface area contributed by atoms with Crippen LogP contribution in [-0.2, 0) is 11.3 Å². The molecule has 0 unspecified atom stereocenters. The fraction of sp³-hybridized carbons (Fsp3) is 0.409. The molecular weight excluding hydrogens is 376 g/mol. The lowest BCUT2D eigenvalue weighted by molar-refractivity contribution is 0.0882. The molecule has 6 heteroatoms. The lowest BCUT2D eigenvalue weighted by atomic mass is 10.1. The van der Waals surface area contributed by atoms with Crippen molar-refractivity contribution in [2.45, 2.75) is 38.8 Å². The van der Waals surface area contributed by atoms with Crippen LogP contribution in [0.25, 0.3) is 0 Å². The van der Waals surface area contributed by atoms with E-state index in [4.69, 9.17) is 21.1 Å². The van der Waals surface area contributed by atoms with Crippen LogP contribution >= 0.6 is 11.6 Å². The van der Waals surface area contributed by atoms with Crippen LogP contribution in [0.15, 0.2) is 48.5 Å². The van der Waals surface area contributed by atoms with E-state index in [0.29, 0.717) is 43.1 Å². The molecule has 0 aromatic heterocycles. The van der Waals surface area contributed by atoms with Crippen molar-refractivity contribution < 1.29 is 14.3 Å². The second kappa shape index (κ2) is 10.2. The smallest absolute Gasteiger partial charge is 0.410 e. The van der Waals surface area contributed by atoms with Gasteiger partial charge in [-0.2, -0.15) is 0 Å². The van der Waals surface area contributed by atoms with Gasteiger partial charge >= 0.3 is 6.09 Å². The van der Waals surface area contributed by atoms with Gasteiger partial charge in [0.2, 0.25) is 0 Å². The van der Waals surface area contributed by atoms with Crippen LogP contribution < -0.4 is 10.1 Å². The zero-order valence-electron chi connectivity index (χ0n) is 16.2. The topological polar surface area (TPSA) is 50.8 Å². The summed E-state index contributed by atoms with van der Waals surface area (Å²) in [6, 6.07) is 15.8. The van der Waals surface area contributed by atoms with Crippen molar-refractivity contribution in [2.24, 2.45) is 0 Å². The Morgan fingerprint density at radius 3 is 2.61 bits per heavy atom. The molecule has 28 heavy (non-hydrogen) atoms. The van der Waals surface area contributed by atoms with Gasteiger partial charge in [-0.1, -0.05) is 48.9 Å². The van der Waals surface area contributed by atoms with E-state index in [1.807, 2.05) is 48.5 Å². The quantitative estimate of drug-likeness (QED) is 0.678. The van der Waals surface area contributed by atoms with E-state index in [2.05, 4.69) is 12.2 Å². The molecule has 1 saturated heterocycles. The van der Waals surface area contributed by atoms with Crippen LogP contribution in [0, 0.1) is 0 Å². The summed E-state index contributed by atoms with van der Waals surface area (Å²) in [6.45, 7) is 4.38. The number of benzene rings is 2. The lowest BCUT2D eigenvalue weighted by Gasteiger charge is -2.32. The Hall–Kier alpha value is -2.40. The van der Waals surface area contributed by atoms with Gasteiger partial charge in [0.1, 0.15) is 12.4 Å². The van der Waals surface area contributed by atoms with E-state index in [9.17, 15) is 4.79 Å². The van der Waals surface area contributed by atoms with Gasteiger partial charge in [-0.3, -0.25) is 0 Å². The number of hydrogen-bond acceptors (Lipinski definition) is 4. The van der Waals surface area contributed by atoms with Crippen molar-refractivity contribution >= 4 is 23.4 Å². The molecule has 0 saturated carbocycles. The lowest BCUT2D eigenvalue weighted by Crippen LogP contribution is -2.42. The van der Waals surface area contributed by atoms with E-state index < -0.39 is 0 Å². The monoisotopic (exact) mass is 402 g/mol. The molecule has 0 aliphatic carbocycles. The molecule has 1 amide bonds. The highest BCUT2D eigenvalue weighted by molar-refractivity contribution is 6.32. The normalized spacial score (nSPS) is 14.6. The molecule has 150 valence electrons. The van der Waals surface area contributed by atoms with Gasteiger partial charge < -0.3 is 19.7 Å². The van der Waals surface area contributed by atoms with Crippen molar-refractivity contribution in [1.82, 2.24) is 4.90 Å². The first kappa shape index (κ1) is 20.3. The second-order valence-corrected chi connectivity index (χ2v) is 7.35. The molecule has 0 atom stereocenters. The van der Waals surface area contributed by atoms with Gasteiger partial charge in [-0.05, 0) is 43.0 Å². The molecule has 3 rings (SSSR count). The molecule has 1 heterocycles. The van der Waals surface area contributed by atoms with Gasteiger partial charge in [-0.25, -0.2) is 4.79 Å². The van der Waals surface area contributed by atoms with Gasteiger partial charge in [0.25, 0.3) is 0 Å². The molecule has 1 aliphatic heterocycles. The maximum atomic E-state index is 12.3. The Balaban J connectivity index is 1.43. The molecule has 2 aromatic rings. The Bertz CT molecular complexity index is 762. The number of amides is 1. The Kier molecular flexibility index (Phi) is 7.43. The third-order valence-electron chi connectivity index (χ3n) is 4.72. The highest BCUT2D eigenvalue weighted by Gasteiger charge is 2.23. The fourth-order valence-electron chi connectivity index (χ4n) is 3.17. The molecule has 0 radical (unpaired) electrons. The summed E-state index contributed by atoms with van der Waals surface area (Å²) in [5.41, 5.74) is 1.97. The van der Waals surface area contributed by atoms with Crippen LogP contribution in [0.4, 0.5) is 10.5 Å². The van der Waals surface area contributed by atoms with E-state index in [0.717, 1.165) is 30.5 Å². The first-order valence-electron chi connectivity index (χ1n) is 9.80. The van der Waals surface area contributed by atoms with Crippen molar-refractivity contribution in [1.29, 1.82) is 0 Å². The summed E-state index contributed by atoms with van der Waals surface area (Å²) in [7, 11) is 0. The maximum Gasteiger partial charge on any atom is 0.410 e. The SMILES string of the molecule is CCCOc1ccc(NC2CCN(C(=O)OCc3ccccc3)CC2)cc1Cl. The molecule has 0 bridgehead atoms. The van der Waals surface area contributed by atoms with Crippen LogP contribution in [0.3, 0.4) is 0 Å². The summed E-state index contributed by atoms with van der Waals surface area (Å²) in [4.78, 5) is 14.0. The molecule has 5 nitrogen and oxygen atoms in total. The number of piperidine rings is 1. The first-order valence-corrected chi connectivity index (χ1v) is 10.2. The maximum absolute atomic E-state index is 12.3. The van der Waals surface area contributed by atoms with Crippen LogP contribution in [-0.4, -0.2) is 36.7 Å². The number of hydrogen-bond donors (Lipinski definition) is 1. The summed E-state index contributed by atoms with van der Waals surface area (Å²) in [6.07, 6.45) is 2.43. The average Bonchev–Trinajstić information content (AvgIpc) is 2.73. The molecular formula is C22H27ClN2O3. The molecule has 1 fully saturated rings. The Morgan fingerprint density at radius 2 is 1.93 bits per heavy atom. The Morgan fingerprint density at radius 1 is 1.18 bits per heavy atom. The van der Waals surface area contributed by atoms with Crippen LogP contribution in [0.5, 0.6) is 5.75 Å². The largest absolute Gasteiger partial charge is 0.492 e. The van der Waals surface area contributed by atoms with E-state index >= 15 is 0 Å². The van der Waals surface area contributed by atoms with Gasteiger partial charge in [0, 0.05) is 24.8 Å². The van der Waals surface area contributed by atoms with Crippen LogP contribution in [0.1, 0.15) is 31.7 Å². The summed E-state index contributed by atoms with van der Waals surface area (Å²) in [5, 5.41) is 4.11. The number of ether oxygens (including phenoxy) is 2. The second-order valence-electron chi connectivity index (χ2n) is 6.94. The van der Waals surface area contributed by atoms with Crippen molar-refractivity contribution in [2.75, 3.05) is 25.0 Å². The minimum atomic E-state index is -0.247. The average molecular weight is 403 g/mol. The molecule has 1 aliphatic rings. The predicted octanol–water partition coefficient (Wildman–Crippen LogP) is 5.34. The predicted molar refractivity (Wildman–Crippen MR) is 112 cm³/mol. The minimum absolute atomic E-state index is 0.247. The number of anilines is 1. The van der Waals surface area contributed by atoms with E-state index in [1.165, 1.54) is 0 Å². The van der Waals surface area contributed by atoms with Gasteiger partial charge in [0.05, 0.1) is 11.6 Å². The van der Waals surface area contributed by atoms with E-state index in [-0.39, 0.29) is 6.09 Å². The number of rotatable bonds is 7. The number of carbonyl (C=O) groups is 1. The number of carbonyl (C=O) groups excluding carboxylic acids is 1. The first-order chi connectivity index (χ1) is 13.7. The molecule has 2 aromatic carbocycles. The zero-order chi connectivity index (χ0) is 19.8. The number of nitrogens with one attached hydrogen (secondary N) is 1. The van der Waals surface area contributed by atoms with E-state index in [1.54, 1.807) is 4.90 Å². The number of nitrogens with zero attached hydrogens (tertiary/aromatic N) is 1. The highest BCUT2D eigenvalue weighted by Crippen LogP contribution is 2.29. The molecule has 0 spiro atoms. The third-order valence-corrected chi connectivity index (χ3v) is 5.02.